The zero-order chi connectivity index (χ0) is 19.8. The molecule has 0 saturated heterocycles. The van der Waals surface area contributed by atoms with Crippen molar-refractivity contribution in [3.8, 4) is 6.07 Å². The van der Waals surface area contributed by atoms with Crippen molar-refractivity contribution in [2.75, 3.05) is 17.2 Å². The van der Waals surface area contributed by atoms with E-state index in [1.807, 2.05) is 6.92 Å². The molecule has 0 aliphatic rings. The molecule has 2 aromatic carbocycles. The first kappa shape index (κ1) is 19.9. The van der Waals surface area contributed by atoms with Crippen molar-refractivity contribution < 1.29 is 19.1 Å². The summed E-state index contributed by atoms with van der Waals surface area (Å²) in [5.41, 5.74) is 2.05. The molecule has 2 amide bonds. The molecular formula is C19H16ClN3O4. The molecule has 0 atom stereocenters. The van der Waals surface area contributed by atoms with Crippen LogP contribution in [0.4, 0.5) is 11.4 Å². The van der Waals surface area contributed by atoms with Crippen LogP contribution in [0.3, 0.4) is 0 Å². The van der Waals surface area contributed by atoms with Crippen LogP contribution in [0.25, 0.3) is 0 Å². The van der Waals surface area contributed by atoms with Crippen LogP contribution in [0.15, 0.2) is 42.5 Å². The number of halogens is 1. The van der Waals surface area contributed by atoms with Crippen molar-refractivity contribution in [3.05, 3.63) is 58.6 Å². The van der Waals surface area contributed by atoms with Crippen molar-refractivity contribution >= 4 is 40.8 Å². The highest BCUT2D eigenvalue weighted by Gasteiger charge is 2.11. The number of esters is 1. The van der Waals surface area contributed by atoms with E-state index >= 15 is 0 Å². The van der Waals surface area contributed by atoms with Gasteiger partial charge >= 0.3 is 5.97 Å². The Morgan fingerprint density at radius 2 is 1.67 bits per heavy atom. The molecule has 0 radical (unpaired) electrons. The van der Waals surface area contributed by atoms with E-state index in [0.29, 0.717) is 16.4 Å². The fourth-order valence-electron chi connectivity index (χ4n) is 2.05. The Hall–Kier alpha value is -3.37. The topological polar surface area (TPSA) is 108 Å². The maximum atomic E-state index is 12.0. The van der Waals surface area contributed by atoms with Gasteiger partial charge in [-0.15, -0.1) is 0 Å². The normalized spacial score (nSPS) is 9.81. The molecule has 0 spiro atoms. The summed E-state index contributed by atoms with van der Waals surface area (Å²) < 4.78 is 4.96. The Morgan fingerprint density at radius 3 is 2.30 bits per heavy atom. The van der Waals surface area contributed by atoms with Crippen LogP contribution in [0.1, 0.15) is 22.3 Å². The lowest BCUT2D eigenvalue weighted by atomic mass is 10.2. The molecular weight excluding hydrogens is 370 g/mol. The zero-order valence-corrected chi connectivity index (χ0v) is 15.2. The molecule has 0 fully saturated rings. The van der Waals surface area contributed by atoms with Crippen LogP contribution < -0.4 is 10.6 Å². The highest BCUT2D eigenvalue weighted by atomic mass is 35.5. The van der Waals surface area contributed by atoms with Gasteiger partial charge in [0.05, 0.1) is 11.6 Å². The Balaban J connectivity index is 1.85. The van der Waals surface area contributed by atoms with E-state index in [2.05, 4.69) is 10.6 Å². The fourth-order valence-corrected chi connectivity index (χ4v) is 2.23. The lowest BCUT2D eigenvalue weighted by Crippen LogP contribution is -2.21. The monoisotopic (exact) mass is 385 g/mol. The van der Waals surface area contributed by atoms with Crippen molar-refractivity contribution in [2.24, 2.45) is 0 Å². The number of anilines is 2. The molecule has 2 N–H and O–H groups in total. The van der Waals surface area contributed by atoms with Gasteiger partial charge < -0.3 is 15.4 Å². The van der Waals surface area contributed by atoms with Crippen molar-refractivity contribution in [1.82, 2.24) is 0 Å². The third-order valence-corrected chi connectivity index (χ3v) is 3.84. The van der Waals surface area contributed by atoms with Gasteiger partial charge in [-0.05, 0) is 48.9 Å². The molecule has 2 aromatic rings. The van der Waals surface area contributed by atoms with E-state index in [1.54, 1.807) is 24.3 Å². The number of nitrogens with zero attached hydrogens (tertiary/aromatic N) is 1. The SMILES string of the molecule is Cc1ccc(NC(=O)COC(=O)c2ccc(NC(=O)CC#N)cc2)cc1Cl. The minimum atomic E-state index is -0.679. The highest BCUT2D eigenvalue weighted by molar-refractivity contribution is 6.31. The Kier molecular flexibility index (Phi) is 6.92. The van der Waals surface area contributed by atoms with Gasteiger partial charge in [0.2, 0.25) is 5.91 Å². The van der Waals surface area contributed by atoms with E-state index < -0.39 is 24.4 Å². The predicted octanol–water partition coefficient (Wildman–Crippen LogP) is 3.30. The molecule has 27 heavy (non-hydrogen) atoms. The van der Waals surface area contributed by atoms with E-state index in [4.69, 9.17) is 21.6 Å². The summed E-state index contributed by atoms with van der Waals surface area (Å²) in [6.45, 7) is 1.39. The molecule has 2 rings (SSSR count). The first-order chi connectivity index (χ1) is 12.9. The summed E-state index contributed by atoms with van der Waals surface area (Å²) in [7, 11) is 0. The highest BCUT2D eigenvalue weighted by Crippen LogP contribution is 2.19. The number of benzene rings is 2. The number of carbonyl (C=O) groups excluding carboxylic acids is 3. The number of rotatable bonds is 6. The summed E-state index contributed by atoms with van der Waals surface area (Å²) in [4.78, 5) is 35.2. The van der Waals surface area contributed by atoms with Crippen LogP contribution in [0.5, 0.6) is 0 Å². The summed E-state index contributed by atoms with van der Waals surface area (Å²) >= 11 is 5.99. The van der Waals surface area contributed by atoms with E-state index in [9.17, 15) is 14.4 Å². The molecule has 7 nitrogen and oxygen atoms in total. The second-order valence-electron chi connectivity index (χ2n) is 5.55. The Bertz CT molecular complexity index is 904. The molecule has 0 heterocycles. The van der Waals surface area contributed by atoms with Crippen LogP contribution in [0, 0.1) is 18.3 Å². The average Bonchev–Trinajstić information content (AvgIpc) is 2.63. The first-order valence-corrected chi connectivity index (χ1v) is 8.27. The fraction of sp³-hybridized carbons (Fsp3) is 0.158. The summed E-state index contributed by atoms with van der Waals surface area (Å²) in [6.07, 6.45) is -0.259. The molecule has 0 aliphatic heterocycles. The van der Waals surface area contributed by atoms with Gasteiger partial charge in [0.25, 0.3) is 5.91 Å². The quantitative estimate of drug-likeness (QED) is 0.741. The second-order valence-corrected chi connectivity index (χ2v) is 5.96. The van der Waals surface area contributed by atoms with E-state index in [0.717, 1.165) is 5.56 Å². The lowest BCUT2D eigenvalue weighted by molar-refractivity contribution is -0.119. The number of nitrogens with one attached hydrogen (secondary N) is 2. The smallest absolute Gasteiger partial charge is 0.338 e. The second kappa shape index (κ2) is 9.36. The summed E-state index contributed by atoms with van der Waals surface area (Å²) in [5.74, 6) is -1.62. The van der Waals surface area contributed by atoms with Gasteiger partial charge in [0.15, 0.2) is 6.61 Å². The molecule has 0 aliphatic carbocycles. The summed E-state index contributed by atoms with van der Waals surface area (Å²) in [5, 5.41) is 14.1. The maximum Gasteiger partial charge on any atom is 0.338 e. The summed E-state index contributed by atoms with van der Waals surface area (Å²) in [6, 6.07) is 12.7. The third kappa shape index (κ3) is 6.13. The molecule has 0 saturated carbocycles. The minimum Gasteiger partial charge on any atom is -0.452 e. The van der Waals surface area contributed by atoms with Gasteiger partial charge in [-0.3, -0.25) is 9.59 Å². The first-order valence-electron chi connectivity index (χ1n) is 7.89. The number of ether oxygens (including phenoxy) is 1. The number of hydrogen-bond acceptors (Lipinski definition) is 5. The van der Waals surface area contributed by atoms with Crippen LogP contribution >= 0.6 is 11.6 Å². The van der Waals surface area contributed by atoms with Gasteiger partial charge in [-0.25, -0.2) is 4.79 Å². The number of nitriles is 1. The van der Waals surface area contributed by atoms with Gasteiger partial charge in [-0.2, -0.15) is 5.26 Å². The Labute approximate surface area is 160 Å². The molecule has 8 heteroatoms. The van der Waals surface area contributed by atoms with Gasteiger partial charge in [-0.1, -0.05) is 17.7 Å². The number of hydrogen-bond donors (Lipinski definition) is 2. The van der Waals surface area contributed by atoms with Crippen molar-refractivity contribution in [1.29, 1.82) is 5.26 Å². The lowest BCUT2D eigenvalue weighted by Gasteiger charge is -2.08. The van der Waals surface area contributed by atoms with Crippen LogP contribution in [-0.4, -0.2) is 24.4 Å². The molecule has 0 unspecified atom stereocenters. The Morgan fingerprint density at radius 1 is 1.04 bits per heavy atom. The van der Waals surface area contributed by atoms with Gasteiger partial charge in [0, 0.05) is 16.4 Å². The molecule has 0 aromatic heterocycles. The minimum absolute atomic E-state index is 0.222. The van der Waals surface area contributed by atoms with Crippen molar-refractivity contribution in [2.45, 2.75) is 13.3 Å². The van der Waals surface area contributed by atoms with E-state index in [-0.39, 0.29) is 12.0 Å². The van der Waals surface area contributed by atoms with Gasteiger partial charge in [0.1, 0.15) is 6.42 Å². The molecule has 138 valence electrons. The van der Waals surface area contributed by atoms with E-state index in [1.165, 1.54) is 24.3 Å². The van der Waals surface area contributed by atoms with Crippen LogP contribution in [0.2, 0.25) is 5.02 Å². The maximum absolute atomic E-state index is 12.0. The number of carbonyl (C=O) groups is 3. The zero-order valence-electron chi connectivity index (χ0n) is 14.4. The molecule has 0 bridgehead atoms. The van der Waals surface area contributed by atoms with Crippen molar-refractivity contribution in [3.63, 3.8) is 0 Å². The third-order valence-electron chi connectivity index (χ3n) is 3.43. The number of aryl methyl sites for hydroxylation is 1. The standard InChI is InChI=1S/C19H16ClN3O4/c1-12-2-5-15(10-16(12)20)23-18(25)11-27-19(26)13-3-6-14(7-4-13)22-17(24)8-9-21/h2-7,10H,8,11H2,1H3,(H,22,24)(H,23,25). The predicted molar refractivity (Wildman–Crippen MR) is 100 cm³/mol. The number of amides is 2. The average molecular weight is 386 g/mol. The largest absolute Gasteiger partial charge is 0.452 e. The van der Waals surface area contributed by atoms with Crippen LogP contribution in [-0.2, 0) is 14.3 Å².